The van der Waals surface area contributed by atoms with Crippen LogP contribution in [0.5, 0.6) is 0 Å². The molecule has 0 aliphatic rings. The van der Waals surface area contributed by atoms with Gasteiger partial charge < -0.3 is 10.4 Å². The van der Waals surface area contributed by atoms with E-state index < -0.39 is 0 Å². The van der Waals surface area contributed by atoms with Crippen molar-refractivity contribution in [2.75, 3.05) is 11.9 Å². The topological polar surface area (TPSA) is 92.1 Å². The molecule has 0 saturated carbocycles. The molecule has 0 fully saturated rings. The van der Waals surface area contributed by atoms with Crippen LogP contribution >= 0.6 is 11.6 Å². The maximum atomic E-state index is 11.8. The van der Waals surface area contributed by atoms with Crippen LogP contribution in [0.3, 0.4) is 0 Å². The molecule has 8 heteroatoms. The van der Waals surface area contributed by atoms with Gasteiger partial charge in [0.25, 0.3) is 0 Å². The van der Waals surface area contributed by atoms with Gasteiger partial charge in [-0.15, -0.1) is 5.10 Å². The highest BCUT2D eigenvalue weighted by molar-refractivity contribution is 6.32. The van der Waals surface area contributed by atoms with Crippen molar-refractivity contribution in [3.63, 3.8) is 0 Å². The fourth-order valence-electron chi connectivity index (χ4n) is 2.15. The number of aliphatic hydroxyl groups excluding tert-OH is 1. The molecular weight excluding hydrogens is 318 g/mol. The van der Waals surface area contributed by atoms with Gasteiger partial charge in [-0.1, -0.05) is 18.5 Å². The minimum atomic E-state index is -0.381. The van der Waals surface area contributed by atoms with E-state index in [1.54, 1.807) is 37.5 Å². The first-order chi connectivity index (χ1) is 11.0. The number of carbonyl (C=O) groups is 1. The highest BCUT2D eigenvalue weighted by Gasteiger charge is 2.10. The standard InChI is InChI=1S/C15H20ClN5O2/c1-10(8-11(2)22)9-18-15(23)19-13-5-7-21(20-13)14-12(16)4-3-6-17-14/h3-7,10-11,22H,8-9H2,1-2H3,(H2,18,19,20,23). The molecule has 2 unspecified atom stereocenters. The van der Waals surface area contributed by atoms with E-state index in [9.17, 15) is 9.90 Å². The highest BCUT2D eigenvalue weighted by atomic mass is 35.5. The molecule has 2 aromatic heterocycles. The first-order valence-corrected chi connectivity index (χ1v) is 7.73. The Morgan fingerprint density at radius 1 is 1.43 bits per heavy atom. The monoisotopic (exact) mass is 337 g/mol. The second-order valence-electron chi connectivity index (χ2n) is 5.48. The Morgan fingerprint density at radius 3 is 2.91 bits per heavy atom. The molecule has 3 N–H and O–H groups in total. The summed E-state index contributed by atoms with van der Waals surface area (Å²) in [5, 5.41) is 19.4. The fraction of sp³-hybridized carbons (Fsp3) is 0.400. The summed E-state index contributed by atoms with van der Waals surface area (Å²) >= 11 is 6.06. The molecule has 0 bridgehead atoms. The number of amides is 2. The van der Waals surface area contributed by atoms with Gasteiger partial charge in [-0.25, -0.2) is 14.5 Å². The Bertz CT molecular complexity index is 659. The summed E-state index contributed by atoms with van der Waals surface area (Å²) in [6, 6.07) is 4.76. The average molecular weight is 338 g/mol. The number of aromatic nitrogens is 3. The van der Waals surface area contributed by atoms with E-state index in [2.05, 4.69) is 20.7 Å². The Kier molecular flexibility index (Phi) is 5.95. The van der Waals surface area contributed by atoms with Crippen molar-refractivity contribution in [3.8, 4) is 5.82 Å². The third-order valence-electron chi connectivity index (χ3n) is 3.14. The highest BCUT2D eigenvalue weighted by Crippen LogP contribution is 2.17. The largest absolute Gasteiger partial charge is 0.393 e. The van der Waals surface area contributed by atoms with Crippen molar-refractivity contribution in [1.82, 2.24) is 20.1 Å². The number of nitrogens with one attached hydrogen (secondary N) is 2. The van der Waals surface area contributed by atoms with Crippen molar-refractivity contribution in [1.29, 1.82) is 0 Å². The van der Waals surface area contributed by atoms with E-state index in [1.807, 2.05) is 6.92 Å². The Labute approximate surface area is 139 Å². The van der Waals surface area contributed by atoms with E-state index in [4.69, 9.17) is 11.6 Å². The van der Waals surface area contributed by atoms with E-state index >= 15 is 0 Å². The Morgan fingerprint density at radius 2 is 2.22 bits per heavy atom. The lowest BCUT2D eigenvalue weighted by molar-refractivity contribution is 0.163. The minimum absolute atomic E-state index is 0.186. The van der Waals surface area contributed by atoms with Crippen LogP contribution in [0.2, 0.25) is 5.02 Å². The second-order valence-corrected chi connectivity index (χ2v) is 5.89. The third kappa shape index (κ3) is 5.22. The van der Waals surface area contributed by atoms with Gasteiger partial charge in [-0.05, 0) is 31.4 Å². The first-order valence-electron chi connectivity index (χ1n) is 7.35. The number of carbonyl (C=O) groups excluding carboxylic acids is 1. The summed E-state index contributed by atoms with van der Waals surface area (Å²) in [6.07, 6.45) is 3.54. The molecule has 0 aliphatic carbocycles. The van der Waals surface area contributed by atoms with Crippen LogP contribution in [0.25, 0.3) is 5.82 Å². The third-order valence-corrected chi connectivity index (χ3v) is 3.44. The molecule has 2 atom stereocenters. The van der Waals surface area contributed by atoms with Crippen LogP contribution in [0.1, 0.15) is 20.3 Å². The molecule has 0 spiro atoms. The summed E-state index contributed by atoms with van der Waals surface area (Å²) in [5.74, 6) is 1.08. The lowest BCUT2D eigenvalue weighted by Gasteiger charge is -2.14. The van der Waals surface area contributed by atoms with E-state index in [0.29, 0.717) is 29.6 Å². The van der Waals surface area contributed by atoms with Gasteiger partial charge in [-0.2, -0.15) is 0 Å². The average Bonchev–Trinajstić information content (AvgIpc) is 2.93. The zero-order chi connectivity index (χ0) is 16.8. The number of rotatable bonds is 6. The predicted octanol–water partition coefficient (Wildman–Crippen LogP) is 2.45. The van der Waals surface area contributed by atoms with Gasteiger partial charge in [0.2, 0.25) is 0 Å². The summed E-state index contributed by atoms with van der Waals surface area (Å²) in [5.41, 5.74) is 0. The maximum absolute atomic E-state index is 11.8. The molecule has 2 heterocycles. The summed E-state index contributed by atoms with van der Waals surface area (Å²) < 4.78 is 1.49. The molecule has 23 heavy (non-hydrogen) atoms. The Hall–Kier alpha value is -2.12. The van der Waals surface area contributed by atoms with E-state index in [-0.39, 0.29) is 18.1 Å². The van der Waals surface area contributed by atoms with Gasteiger partial charge in [0.15, 0.2) is 11.6 Å². The van der Waals surface area contributed by atoms with Crippen molar-refractivity contribution < 1.29 is 9.90 Å². The number of nitrogens with zero attached hydrogens (tertiary/aromatic N) is 3. The van der Waals surface area contributed by atoms with E-state index in [0.717, 1.165) is 0 Å². The van der Waals surface area contributed by atoms with Crippen LogP contribution in [0, 0.1) is 5.92 Å². The van der Waals surface area contributed by atoms with Crippen LogP contribution in [-0.4, -0.2) is 38.6 Å². The van der Waals surface area contributed by atoms with Crippen LogP contribution in [0.4, 0.5) is 10.6 Å². The van der Waals surface area contributed by atoms with Crippen LogP contribution < -0.4 is 10.6 Å². The molecule has 124 valence electrons. The Balaban J connectivity index is 1.89. The van der Waals surface area contributed by atoms with Crippen molar-refractivity contribution >= 4 is 23.4 Å². The molecule has 0 saturated heterocycles. The van der Waals surface area contributed by atoms with Gasteiger partial charge in [0, 0.05) is 25.0 Å². The molecule has 7 nitrogen and oxygen atoms in total. The first kappa shape index (κ1) is 17.2. The quantitative estimate of drug-likeness (QED) is 0.755. The normalized spacial score (nSPS) is 13.4. The second kappa shape index (κ2) is 7.94. The summed E-state index contributed by atoms with van der Waals surface area (Å²) in [6.45, 7) is 4.17. The van der Waals surface area contributed by atoms with Gasteiger partial charge in [-0.3, -0.25) is 5.32 Å². The summed E-state index contributed by atoms with van der Waals surface area (Å²) in [7, 11) is 0. The number of anilines is 1. The number of hydrogen-bond donors (Lipinski definition) is 3. The smallest absolute Gasteiger partial charge is 0.320 e. The van der Waals surface area contributed by atoms with E-state index in [1.165, 1.54) is 4.68 Å². The number of aliphatic hydroxyl groups is 1. The lowest BCUT2D eigenvalue weighted by Crippen LogP contribution is -2.33. The molecular formula is C15H20ClN5O2. The molecule has 0 aliphatic heterocycles. The van der Waals surface area contributed by atoms with Gasteiger partial charge in [0.05, 0.1) is 11.1 Å². The molecule has 2 amide bonds. The summed E-state index contributed by atoms with van der Waals surface area (Å²) in [4.78, 5) is 16.0. The number of urea groups is 1. The van der Waals surface area contributed by atoms with Crippen molar-refractivity contribution in [2.24, 2.45) is 5.92 Å². The van der Waals surface area contributed by atoms with Gasteiger partial charge >= 0.3 is 6.03 Å². The lowest BCUT2D eigenvalue weighted by atomic mass is 10.1. The molecule has 0 radical (unpaired) electrons. The van der Waals surface area contributed by atoms with Gasteiger partial charge in [0.1, 0.15) is 0 Å². The minimum Gasteiger partial charge on any atom is -0.393 e. The molecule has 2 rings (SSSR count). The maximum Gasteiger partial charge on any atom is 0.320 e. The number of pyridine rings is 1. The predicted molar refractivity (Wildman–Crippen MR) is 88.9 cm³/mol. The SMILES string of the molecule is CC(O)CC(C)CNC(=O)Nc1ccn(-c2ncccc2Cl)n1. The van der Waals surface area contributed by atoms with Crippen molar-refractivity contribution in [3.05, 3.63) is 35.6 Å². The molecule has 0 aromatic carbocycles. The number of halogens is 1. The number of hydrogen-bond acceptors (Lipinski definition) is 4. The zero-order valence-electron chi connectivity index (χ0n) is 13.0. The zero-order valence-corrected chi connectivity index (χ0v) is 13.8. The van der Waals surface area contributed by atoms with Crippen molar-refractivity contribution in [2.45, 2.75) is 26.4 Å². The van der Waals surface area contributed by atoms with Crippen LogP contribution in [-0.2, 0) is 0 Å². The van der Waals surface area contributed by atoms with Crippen LogP contribution in [0.15, 0.2) is 30.6 Å². The molecule has 2 aromatic rings. The fourth-order valence-corrected chi connectivity index (χ4v) is 2.36.